The molecular formula is C18H28N5O4+. The largest absolute Gasteiger partial charge is 0.463 e. The standard InChI is InChI=1S/C18H28N5O4/c1-5-27-14(24)11-23-13(10-22-8-6-12(2)7-9-22)19-16-15(23)17(25)21(4)18(26)20(16)3/h12,15H,5-11H2,1-4H3/q+1. The van der Waals surface area contributed by atoms with Gasteiger partial charge >= 0.3 is 17.8 Å². The predicted molar refractivity (Wildman–Crippen MR) is 98.8 cm³/mol. The van der Waals surface area contributed by atoms with Crippen LogP contribution in [0.2, 0.25) is 0 Å². The number of carbonyl (C=O) groups excluding carboxylic acids is 3. The zero-order chi connectivity index (χ0) is 19.7. The maximum Gasteiger partial charge on any atom is 0.348 e. The van der Waals surface area contributed by atoms with E-state index in [0.717, 1.165) is 30.8 Å². The van der Waals surface area contributed by atoms with E-state index < -0.39 is 18.0 Å². The van der Waals surface area contributed by atoms with E-state index in [9.17, 15) is 14.4 Å². The van der Waals surface area contributed by atoms with Gasteiger partial charge in [-0.25, -0.2) is 14.2 Å². The Morgan fingerprint density at radius 1 is 1.22 bits per heavy atom. The van der Waals surface area contributed by atoms with Crippen molar-refractivity contribution in [2.45, 2.75) is 32.7 Å². The predicted octanol–water partition coefficient (Wildman–Crippen LogP) is -0.00310. The third-order valence-corrected chi connectivity index (χ3v) is 5.46. The number of amides is 3. The average Bonchev–Trinajstić information content (AvgIpc) is 2.98. The van der Waals surface area contributed by atoms with Gasteiger partial charge in [0, 0.05) is 14.1 Å². The highest BCUT2D eigenvalue weighted by Crippen LogP contribution is 2.21. The highest BCUT2D eigenvalue weighted by atomic mass is 16.5. The number of urea groups is 1. The number of fused-ring (bicyclic) bond motifs is 1. The molecule has 27 heavy (non-hydrogen) atoms. The minimum atomic E-state index is -0.763. The number of amidine groups is 2. The van der Waals surface area contributed by atoms with Gasteiger partial charge in [0.15, 0.2) is 6.54 Å². The average molecular weight is 378 g/mol. The third kappa shape index (κ3) is 3.73. The minimum absolute atomic E-state index is 0.0628. The summed E-state index contributed by atoms with van der Waals surface area (Å²) in [5.41, 5.74) is 0. The Hall–Kier alpha value is -2.29. The van der Waals surface area contributed by atoms with E-state index in [-0.39, 0.29) is 19.1 Å². The van der Waals surface area contributed by atoms with Gasteiger partial charge < -0.3 is 4.74 Å². The number of hydrogen-bond donors (Lipinski definition) is 0. The summed E-state index contributed by atoms with van der Waals surface area (Å²) in [5.74, 6) is 0.948. The first kappa shape index (κ1) is 19.5. The Morgan fingerprint density at radius 2 is 1.89 bits per heavy atom. The summed E-state index contributed by atoms with van der Waals surface area (Å²) in [4.78, 5) is 46.5. The van der Waals surface area contributed by atoms with E-state index in [1.807, 2.05) is 0 Å². The van der Waals surface area contributed by atoms with Crippen molar-refractivity contribution in [2.24, 2.45) is 10.9 Å². The lowest BCUT2D eigenvalue weighted by molar-refractivity contribution is -0.527. The molecule has 1 unspecified atom stereocenters. The van der Waals surface area contributed by atoms with Crippen molar-refractivity contribution >= 4 is 29.6 Å². The molecule has 0 saturated carbocycles. The van der Waals surface area contributed by atoms with Crippen molar-refractivity contribution in [3.8, 4) is 0 Å². The topological polar surface area (TPSA) is 85.5 Å². The third-order valence-electron chi connectivity index (χ3n) is 5.46. The summed E-state index contributed by atoms with van der Waals surface area (Å²) < 4.78 is 6.77. The molecule has 3 rings (SSSR count). The van der Waals surface area contributed by atoms with E-state index in [1.54, 1.807) is 18.5 Å². The summed E-state index contributed by atoms with van der Waals surface area (Å²) >= 11 is 0. The number of likely N-dealkylation sites (N-methyl/N-ethyl adjacent to an activating group) is 2. The summed E-state index contributed by atoms with van der Waals surface area (Å²) in [7, 11) is 3.05. The van der Waals surface area contributed by atoms with Crippen LogP contribution in [0.1, 0.15) is 26.7 Å². The van der Waals surface area contributed by atoms with E-state index in [4.69, 9.17) is 4.74 Å². The summed E-state index contributed by atoms with van der Waals surface area (Å²) in [6.45, 7) is 6.66. The van der Waals surface area contributed by atoms with E-state index in [0.29, 0.717) is 24.1 Å². The lowest BCUT2D eigenvalue weighted by Crippen LogP contribution is -2.62. The lowest BCUT2D eigenvalue weighted by Gasteiger charge is -2.30. The first-order valence-corrected chi connectivity index (χ1v) is 9.47. The highest BCUT2D eigenvalue weighted by Gasteiger charge is 2.53. The number of nitrogens with zero attached hydrogens (tertiary/aromatic N) is 5. The van der Waals surface area contributed by atoms with Gasteiger partial charge in [-0.2, -0.15) is 0 Å². The number of imide groups is 1. The molecule has 2 fully saturated rings. The fourth-order valence-corrected chi connectivity index (χ4v) is 3.72. The lowest BCUT2D eigenvalue weighted by atomic mass is 9.99. The van der Waals surface area contributed by atoms with Crippen LogP contribution in [0.4, 0.5) is 4.79 Å². The zero-order valence-electron chi connectivity index (χ0n) is 16.5. The van der Waals surface area contributed by atoms with Crippen molar-refractivity contribution in [3.63, 3.8) is 0 Å². The molecular weight excluding hydrogens is 350 g/mol. The van der Waals surface area contributed by atoms with Crippen LogP contribution in [0, 0.1) is 5.92 Å². The van der Waals surface area contributed by atoms with Crippen LogP contribution in [-0.4, -0.2) is 102 Å². The second kappa shape index (κ2) is 7.75. The zero-order valence-corrected chi connectivity index (χ0v) is 16.5. The molecule has 3 heterocycles. The Bertz CT molecular complexity index is 709. The number of esters is 1. The van der Waals surface area contributed by atoms with Gasteiger partial charge in [-0.05, 0) is 43.8 Å². The van der Waals surface area contributed by atoms with Crippen molar-refractivity contribution in [3.05, 3.63) is 0 Å². The first-order chi connectivity index (χ1) is 12.8. The Labute approximate surface area is 159 Å². The van der Waals surface area contributed by atoms with Crippen LogP contribution in [-0.2, 0) is 14.3 Å². The molecule has 0 radical (unpaired) electrons. The van der Waals surface area contributed by atoms with Gasteiger partial charge in [0.25, 0.3) is 17.8 Å². The molecule has 9 heteroatoms. The molecule has 0 aliphatic carbocycles. The van der Waals surface area contributed by atoms with Gasteiger partial charge in [0.1, 0.15) is 6.54 Å². The molecule has 0 aromatic carbocycles. The highest BCUT2D eigenvalue weighted by molar-refractivity contribution is 6.23. The van der Waals surface area contributed by atoms with Crippen LogP contribution >= 0.6 is 0 Å². The molecule has 148 valence electrons. The number of hydrogen-bond acceptors (Lipinski definition) is 6. The van der Waals surface area contributed by atoms with Gasteiger partial charge in [0.2, 0.25) is 0 Å². The van der Waals surface area contributed by atoms with E-state index in [2.05, 4.69) is 16.8 Å². The van der Waals surface area contributed by atoms with Gasteiger partial charge in [-0.1, -0.05) is 6.92 Å². The fourth-order valence-electron chi connectivity index (χ4n) is 3.72. The molecule has 0 aromatic rings. The number of ether oxygens (including phenoxy) is 1. The van der Waals surface area contributed by atoms with Crippen molar-refractivity contribution in [1.82, 2.24) is 14.7 Å². The van der Waals surface area contributed by atoms with Crippen LogP contribution < -0.4 is 0 Å². The van der Waals surface area contributed by atoms with E-state index >= 15 is 0 Å². The summed E-state index contributed by atoms with van der Waals surface area (Å²) in [5, 5.41) is 0. The quantitative estimate of drug-likeness (QED) is 0.496. The molecule has 2 saturated heterocycles. The minimum Gasteiger partial charge on any atom is -0.463 e. The van der Waals surface area contributed by atoms with Crippen LogP contribution in [0.15, 0.2) is 4.99 Å². The summed E-state index contributed by atoms with van der Waals surface area (Å²) in [6.07, 6.45) is 2.23. The first-order valence-electron chi connectivity index (χ1n) is 9.47. The smallest absolute Gasteiger partial charge is 0.348 e. The summed E-state index contributed by atoms with van der Waals surface area (Å²) in [6, 6.07) is -1.18. The maximum absolute atomic E-state index is 12.8. The SMILES string of the molecule is CCOC(=O)C[N+]1=C(CN2CCC(C)CC2)N=C2C1C(=O)N(C)C(=O)N2C. The number of aliphatic imine (C=N–C) groups is 1. The Kier molecular flexibility index (Phi) is 5.59. The normalized spacial score (nSPS) is 24.4. The monoisotopic (exact) mass is 378 g/mol. The molecule has 3 amide bonds. The van der Waals surface area contributed by atoms with Crippen LogP contribution in [0.25, 0.3) is 0 Å². The molecule has 3 aliphatic heterocycles. The molecule has 1 atom stereocenters. The molecule has 0 N–H and O–H groups in total. The Balaban J connectivity index is 1.89. The number of carbonyl (C=O) groups is 3. The van der Waals surface area contributed by atoms with Gasteiger partial charge in [-0.3, -0.25) is 19.5 Å². The van der Waals surface area contributed by atoms with Gasteiger partial charge in [0.05, 0.1) is 6.61 Å². The molecule has 0 aromatic heterocycles. The fraction of sp³-hybridized carbons (Fsp3) is 0.722. The second-order valence-electron chi connectivity index (χ2n) is 7.42. The maximum atomic E-state index is 12.8. The van der Waals surface area contributed by atoms with Crippen molar-refractivity contribution in [1.29, 1.82) is 0 Å². The van der Waals surface area contributed by atoms with Crippen LogP contribution in [0.3, 0.4) is 0 Å². The molecule has 9 nitrogen and oxygen atoms in total. The molecule has 0 bridgehead atoms. The van der Waals surface area contributed by atoms with E-state index in [1.165, 1.54) is 11.9 Å². The number of rotatable bonds is 5. The Morgan fingerprint density at radius 3 is 2.52 bits per heavy atom. The molecule has 3 aliphatic rings. The number of piperidine rings is 1. The molecule has 0 spiro atoms. The number of likely N-dealkylation sites (tertiary alicyclic amines) is 1. The second-order valence-corrected chi connectivity index (χ2v) is 7.42. The van der Waals surface area contributed by atoms with Crippen LogP contribution in [0.5, 0.6) is 0 Å². The van der Waals surface area contributed by atoms with Crippen molar-refractivity contribution in [2.75, 3.05) is 46.9 Å². The van der Waals surface area contributed by atoms with Crippen molar-refractivity contribution < 1.29 is 23.7 Å². The van der Waals surface area contributed by atoms with Gasteiger partial charge in [-0.15, -0.1) is 0 Å².